The molecule has 0 aliphatic heterocycles. The number of para-hydroxylation sites is 2. The molecule has 0 aliphatic rings. The molecule has 0 saturated heterocycles. The number of nitrogens with zero attached hydrogens (tertiary/aromatic N) is 1. The Labute approximate surface area is 146 Å². The Bertz CT molecular complexity index is 1010. The number of aromatic nitrogens is 2. The molecule has 0 amide bonds. The van der Waals surface area contributed by atoms with E-state index in [1.54, 1.807) is 36.4 Å². The Kier molecular flexibility index (Phi) is 4.57. The molecule has 0 saturated carbocycles. The van der Waals surface area contributed by atoms with Gasteiger partial charge >= 0.3 is 5.97 Å². The molecule has 0 radical (unpaired) electrons. The average Bonchev–Trinajstić information content (AvgIpc) is 2.54. The van der Waals surface area contributed by atoms with Gasteiger partial charge in [0.1, 0.15) is 11.4 Å². The summed E-state index contributed by atoms with van der Waals surface area (Å²) in [7, 11) is 0. The number of carbonyl (C=O) groups excluding carboxylic acids is 1. The molecule has 2 aromatic carbocycles. The highest BCUT2D eigenvalue weighted by molar-refractivity contribution is 9.10. The second-order valence-corrected chi connectivity index (χ2v) is 5.99. The normalized spacial score (nSPS) is 11.1. The van der Waals surface area contributed by atoms with Gasteiger partial charge in [0, 0.05) is 17.0 Å². The largest absolute Gasteiger partial charge is 0.426 e. The fourth-order valence-electron chi connectivity index (χ4n) is 2.22. The lowest BCUT2D eigenvalue weighted by Gasteiger charge is -2.06. The number of esters is 1. The van der Waals surface area contributed by atoms with Gasteiger partial charge in [-0.3, -0.25) is 9.59 Å². The van der Waals surface area contributed by atoms with E-state index in [0.29, 0.717) is 22.3 Å². The maximum Gasteiger partial charge on any atom is 0.308 e. The third kappa shape index (κ3) is 3.60. The van der Waals surface area contributed by atoms with Gasteiger partial charge in [0.15, 0.2) is 0 Å². The third-order valence-corrected chi connectivity index (χ3v) is 3.77. The molecular weight excluding hydrogens is 372 g/mol. The van der Waals surface area contributed by atoms with Crippen molar-refractivity contribution >= 4 is 45.1 Å². The molecule has 0 bridgehead atoms. The number of aromatic amines is 1. The maximum absolute atomic E-state index is 12.1. The first-order valence-electron chi connectivity index (χ1n) is 7.18. The first-order chi connectivity index (χ1) is 11.5. The van der Waals surface area contributed by atoms with Gasteiger partial charge in [-0.25, -0.2) is 4.98 Å². The summed E-state index contributed by atoms with van der Waals surface area (Å²) in [6.45, 7) is 1.34. The summed E-state index contributed by atoms with van der Waals surface area (Å²) < 4.78 is 6.00. The summed E-state index contributed by atoms with van der Waals surface area (Å²) in [6.07, 6.45) is 3.29. The van der Waals surface area contributed by atoms with Gasteiger partial charge in [0.05, 0.1) is 11.0 Å². The average molecular weight is 385 g/mol. The number of nitrogens with one attached hydrogen (secondary N) is 1. The van der Waals surface area contributed by atoms with Crippen molar-refractivity contribution in [2.24, 2.45) is 0 Å². The van der Waals surface area contributed by atoms with E-state index in [4.69, 9.17) is 4.74 Å². The molecule has 0 spiro atoms. The van der Waals surface area contributed by atoms with Crippen molar-refractivity contribution in [3.63, 3.8) is 0 Å². The molecule has 0 aliphatic carbocycles. The van der Waals surface area contributed by atoms with E-state index in [-0.39, 0.29) is 11.3 Å². The number of hydrogen-bond donors (Lipinski definition) is 1. The molecule has 24 heavy (non-hydrogen) atoms. The van der Waals surface area contributed by atoms with Crippen molar-refractivity contribution in [2.75, 3.05) is 0 Å². The van der Waals surface area contributed by atoms with E-state index in [1.165, 1.54) is 6.92 Å². The Morgan fingerprint density at radius 3 is 2.79 bits per heavy atom. The van der Waals surface area contributed by atoms with Crippen LogP contribution in [0, 0.1) is 0 Å². The van der Waals surface area contributed by atoms with E-state index >= 15 is 0 Å². The number of ether oxygens (including phenoxy) is 1. The van der Waals surface area contributed by atoms with Crippen LogP contribution < -0.4 is 10.3 Å². The van der Waals surface area contributed by atoms with Gasteiger partial charge in [-0.2, -0.15) is 0 Å². The standard InChI is InChI=1S/C18H13BrN2O3/c1-11(22)24-17-9-7-13(19)10-12(17)6-8-16-18(23)21-15-5-3-2-4-14(15)20-16/h2-10H,1H3,(H,21,23)/b8-6+. The molecule has 0 fully saturated rings. The SMILES string of the molecule is CC(=O)Oc1ccc(Br)cc1/C=C/c1nc2ccccc2[nH]c1=O. The highest BCUT2D eigenvalue weighted by Gasteiger charge is 2.06. The van der Waals surface area contributed by atoms with E-state index in [1.807, 2.05) is 18.2 Å². The number of fused-ring (bicyclic) bond motifs is 1. The van der Waals surface area contributed by atoms with Gasteiger partial charge in [-0.05, 0) is 42.5 Å². The van der Waals surface area contributed by atoms with Crippen LogP contribution in [0.25, 0.3) is 23.2 Å². The highest BCUT2D eigenvalue weighted by atomic mass is 79.9. The Balaban J connectivity index is 2.02. The fourth-order valence-corrected chi connectivity index (χ4v) is 2.60. The fraction of sp³-hybridized carbons (Fsp3) is 0.0556. The summed E-state index contributed by atoms with van der Waals surface area (Å²) in [4.78, 5) is 30.5. The van der Waals surface area contributed by atoms with Crippen LogP contribution in [-0.2, 0) is 4.79 Å². The highest BCUT2D eigenvalue weighted by Crippen LogP contribution is 2.25. The zero-order valence-corrected chi connectivity index (χ0v) is 14.3. The predicted molar refractivity (Wildman–Crippen MR) is 96.7 cm³/mol. The van der Waals surface area contributed by atoms with E-state index in [0.717, 1.165) is 4.47 Å². The molecule has 6 heteroatoms. The second-order valence-electron chi connectivity index (χ2n) is 5.08. The minimum atomic E-state index is -0.409. The van der Waals surface area contributed by atoms with Crippen molar-refractivity contribution in [3.05, 3.63) is 68.5 Å². The third-order valence-electron chi connectivity index (χ3n) is 3.27. The first-order valence-corrected chi connectivity index (χ1v) is 7.97. The number of hydrogen-bond acceptors (Lipinski definition) is 4. The molecule has 5 nitrogen and oxygen atoms in total. The summed E-state index contributed by atoms with van der Waals surface area (Å²) in [5.41, 5.74) is 2.04. The molecule has 0 atom stereocenters. The van der Waals surface area contributed by atoms with Gasteiger partial charge in [-0.15, -0.1) is 0 Å². The zero-order chi connectivity index (χ0) is 17.1. The smallest absolute Gasteiger partial charge is 0.308 e. The van der Waals surface area contributed by atoms with Crippen molar-refractivity contribution in [1.29, 1.82) is 0 Å². The Hall–Kier alpha value is -2.73. The van der Waals surface area contributed by atoms with Crippen LogP contribution in [0.3, 0.4) is 0 Å². The molecule has 1 aromatic heterocycles. The number of carbonyl (C=O) groups is 1. The lowest BCUT2D eigenvalue weighted by Crippen LogP contribution is -2.11. The van der Waals surface area contributed by atoms with Crippen LogP contribution in [0.1, 0.15) is 18.2 Å². The van der Waals surface area contributed by atoms with Gasteiger partial charge < -0.3 is 9.72 Å². The van der Waals surface area contributed by atoms with Crippen LogP contribution in [0.5, 0.6) is 5.75 Å². The van der Waals surface area contributed by atoms with Crippen molar-refractivity contribution in [3.8, 4) is 5.75 Å². The van der Waals surface area contributed by atoms with Crippen LogP contribution in [0.2, 0.25) is 0 Å². The zero-order valence-electron chi connectivity index (χ0n) is 12.7. The number of benzene rings is 2. The lowest BCUT2D eigenvalue weighted by atomic mass is 10.1. The first kappa shape index (κ1) is 16.1. The van der Waals surface area contributed by atoms with Crippen LogP contribution in [0.4, 0.5) is 0 Å². The molecule has 3 aromatic rings. The minimum absolute atomic E-state index is 0.280. The number of H-pyrrole nitrogens is 1. The molecule has 1 heterocycles. The molecule has 3 rings (SSSR count). The van der Waals surface area contributed by atoms with Crippen molar-refractivity contribution < 1.29 is 9.53 Å². The van der Waals surface area contributed by atoms with E-state index in [2.05, 4.69) is 25.9 Å². The van der Waals surface area contributed by atoms with Crippen molar-refractivity contribution in [2.45, 2.75) is 6.92 Å². The summed E-state index contributed by atoms with van der Waals surface area (Å²) >= 11 is 3.38. The monoisotopic (exact) mass is 384 g/mol. The Morgan fingerprint density at radius 2 is 2.00 bits per heavy atom. The predicted octanol–water partition coefficient (Wildman–Crippen LogP) is 3.78. The summed E-state index contributed by atoms with van der Waals surface area (Å²) in [5.74, 6) is 0.00724. The van der Waals surface area contributed by atoms with E-state index in [9.17, 15) is 9.59 Å². The maximum atomic E-state index is 12.1. The second kappa shape index (κ2) is 6.80. The van der Waals surface area contributed by atoms with Crippen LogP contribution in [0.15, 0.2) is 51.7 Å². The Morgan fingerprint density at radius 1 is 1.21 bits per heavy atom. The molecular formula is C18H13BrN2O3. The quantitative estimate of drug-likeness (QED) is 0.550. The topological polar surface area (TPSA) is 72.0 Å². The summed E-state index contributed by atoms with van der Waals surface area (Å²) in [6, 6.07) is 12.6. The van der Waals surface area contributed by atoms with Gasteiger partial charge in [0.25, 0.3) is 5.56 Å². The van der Waals surface area contributed by atoms with Crippen LogP contribution in [-0.4, -0.2) is 15.9 Å². The van der Waals surface area contributed by atoms with E-state index < -0.39 is 5.97 Å². The van der Waals surface area contributed by atoms with Crippen molar-refractivity contribution in [1.82, 2.24) is 9.97 Å². The van der Waals surface area contributed by atoms with Crippen LogP contribution >= 0.6 is 15.9 Å². The number of rotatable bonds is 3. The summed E-state index contributed by atoms with van der Waals surface area (Å²) in [5, 5.41) is 0. The van der Waals surface area contributed by atoms with Gasteiger partial charge in [-0.1, -0.05) is 28.1 Å². The molecule has 0 unspecified atom stereocenters. The molecule has 1 N–H and O–H groups in total. The lowest BCUT2D eigenvalue weighted by molar-refractivity contribution is -0.131. The van der Waals surface area contributed by atoms with Gasteiger partial charge in [0.2, 0.25) is 0 Å². The minimum Gasteiger partial charge on any atom is -0.426 e. The molecule has 120 valence electrons. The number of halogens is 1.